The van der Waals surface area contributed by atoms with Crippen molar-refractivity contribution in [3.63, 3.8) is 0 Å². The number of nitrogens with one attached hydrogen (secondary N) is 1. The first-order valence-corrected chi connectivity index (χ1v) is 9.78. The van der Waals surface area contributed by atoms with Crippen LogP contribution in [0.25, 0.3) is 10.8 Å². The quantitative estimate of drug-likeness (QED) is 0.739. The van der Waals surface area contributed by atoms with Gasteiger partial charge in [0.2, 0.25) is 5.91 Å². The van der Waals surface area contributed by atoms with Crippen molar-refractivity contribution in [3.05, 3.63) is 28.6 Å². The van der Waals surface area contributed by atoms with Gasteiger partial charge in [0, 0.05) is 30.6 Å². The van der Waals surface area contributed by atoms with Crippen molar-refractivity contribution in [1.29, 1.82) is 0 Å². The summed E-state index contributed by atoms with van der Waals surface area (Å²) in [6.45, 7) is 6.60. The molecule has 0 bridgehead atoms. The van der Waals surface area contributed by atoms with Crippen molar-refractivity contribution in [2.75, 3.05) is 18.4 Å². The van der Waals surface area contributed by atoms with Crippen LogP contribution >= 0.6 is 23.2 Å². The van der Waals surface area contributed by atoms with Crippen molar-refractivity contribution >= 4 is 51.8 Å². The molecule has 1 aliphatic carbocycles. The number of likely N-dealkylation sites (tertiary alicyclic amines) is 1. The third kappa shape index (κ3) is 3.73. The number of nitrogens with zero attached hydrogens (tertiary/aromatic N) is 3. The van der Waals surface area contributed by atoms with Crippen LogP contribution in [0.4, 0.5) is 10.6 Å². The Bertz CT molecular complexity index is 964. The van der Waals surface area contributed by atoms with E-state index < -0.39 is 5.60 Å². The predicted molar refractivity (Wildman–Crippen MR) is 106 cm³/mol. The highest BCUT2D eigenvalue weighted by atomic mass is 35.5. The molecule has 2 amide bonds. The molecule has 28 heavy (non-hydrogen) atoms. The van der Waals surface area contributed by atoms with Gasteiger partial charge in [0.05, 0.1) is 0 Å². The van der Waals surface area contributed by atoms with Crippen molar-refractivity contribution in [2.45, 2.75) is 26.4 Å². The van der Waals surface area contributed by atoms with Crippen LogP contribution in [0.3, 0.4) is 0 Å². The highest BCUT2D eigenvalue weighted by Gasteiger charge is 2.60. The summed E-state index contributed by atoms with van der Waals surface area (Å²) >= 11 is 12.0. The molecule has 2 aliphatic rings. The second-order valence-corrected chi connectivity index (χ2v) is 9.00. The largest absolute Gasteiger partial charge is 0.444 e. The lowest BCUT2D eigenvalue weighted by molar-refractivity contribution is -0.118. The molecular formula is C19H20Cl2N4O3. The number of rotatable bonds is 2. The lowest BCUT2D eigenvalue weighted by atomic mass is 10.2. The summed E-state index contributed by atoms with van der Waals surface area (Å²) in [7, 11) is 0. The van der Waals surface area contributed by atoms with E-state index >= 15 is 0 Å². The van der Waals surface area contributed by atoms with E-state index in [9.17, 15) is 9.59 Å². The standard InChI is InChI=1S/C19H20Cl2N4O3/c1-19(2,3)28-18(27)25-7-11-12(8-25)15(11)17(26)24-14-5-9-4-13(20)23-16(21)10(9)6-22-14/h4-6,11-12,15H,7-8H2,1-3H3,(H,22,24,26). The van der Waals surface area contributed by atoms with Crippen LogP contribution in [0.1, 0.15) is 20.8 Å². The number of hydrogen-bond acceptors (Lipinski definition) is 5. The topological polar surface area (TPSA) is 84.4 Å². The van der Waals surface area contributed by atoms with E-state index in [1.54, 1.807) is 23.2 Å². The van der Waals surface area contributed by atoms with Gasteiger partial charge in [-0.1, -0.05) is 23.2 Å². The molecule has 7 nitrogen and oxygen atoms in total. The van der Waals surface area contributed by atoms with E-state index in [0.717, 1.165) is 5.39 Å². The number of carbonyl (C=O) groups is 2. The number of piperidine rings is 1. The molecule has 1 saturated carbocycles. The summed E-state index contributed by atoms with van der Waals surface area (Å²) in [6.07, 6.45) is 1.24. The fourth-order valence-electron chi connectivity index (χ4n) is 3.75. The molecule has 1 N–H and O–H groups in total. The van der Waals surface area contributed by atoms with E-state index in [0.29, 0.717) is 24.3 Å². The van der Waals surface area contributed by atoms with Crippen LogP contribution in [-0.2, 0) is 9.53 Å². The van der Waals surface area contributed by atoms with Gasteiger partial charge in [-0.15, -0.1) is 0 Å². The van der Waals surface area contributed by atoms with Gasteiger partial charge in [0.15, 0.2) is 0 Å². The molecule has 9 heteroatoms. The van der Waals surface area contributed by atoms with Crippen molar-refractivity contribution in [1.82, 2.24) is 14.9 Å². The number of aromatic nitrogens is 2. The summed E-state index contributed by atoms with van der Waals surface area (Å²) in [5, 5.41) is 4.82. The molecule has 4 rings (SSSR count). The molecule has 1 saturated heterocycles. The summed E-state index contributed by atoms with van der Waals surface area (Å²) in [6, 6.07) is 3.39. The lowest BCUT2D eigenvalue weighted by Crippen LogP contribution is -2.38. The summed E-state index contributed by atoms with van der Waals surface area (Å²) in [5.74, 6) is 0.574. The number of hydrogen-bond donors (Lipinski definition) is 1. The summed E-state index contributed by atoms with van der Waals surface area (Å²) in [4.78, 5) is 34.6. The summed E-state index contributed by atoms with van der Waals surface area (Å²) < 4.78 is 5.39. The normalized spacial score (nSPS) is 23.5. The van der Waals surface area contributed by atoms with Gasteiger partial charge in [-0.3, -0.25) is 4.79 Å². The fraction of sp³-hybridized carbons (Fsp3) is 0.474. The molecule has 2 fully saturated rings. The van der Waals surface area contributed by atoms with Crippen LogP contribution < -0.4 is 5.32 Å². The molecular weight excluding hydrogens is 403 g/mol. The zero-order valence-corrected chi connectivity index (χ0v) is 17.2. The highest BCUT2D eigenvalue weighted by molar-refractivity contribution is 6.36. The maximum absolute atomic E-state index is 12.6. The Kier molecular flexibility index (Phi) is 4.62. The molecule has 3 heterocycles. The van der Waals surface area contributed by atoms with Crippen LogP contribution in [0.15, 0.2) is 18.3 Å². The van der Waals surface area contributed by atoms with E-state index in [4.69, 9.17) is 27.9 Å². The minimum atomic E-state index is -0.524. The van der Waals surface area contributed by atoms with Gasteiger partial charge in [-0.05, 0) is 50.1 Å². The molecule has 2 atom stereocenters. The maximum Gasteiger partial charge on any atom is 0.410 e. The lowest BCUT2D eigenvalue weighted by Gasteiger charge is -2.25. The third-order valence-electron chi connectivity index (χ3n) is 5.04. The molecule has 148 valence electrons. The van der Waals surface area contributed by atoms with E-state index in [1.165, 1.54) is 0 Å². The van der Waals surface area contributed by atoms with Crippen molar-refractivity contribution < 1.29 is 14.3 Å². The van der Waals surface area contributed by atoms with Crippen LogP contribution in [-0.4, -0.2) is 45.6 Å². The second kappa shape index (κ2) is 6.74. The smallest absolute Gasteiger partial charge is 0.410 e. The predicted octanol–water partition coefficient (Wildman–Crippen LogP) is 3.99. The molecule has 0 spiro atoms. The first-order valence-electron chi connectivity index (χ1n) is 9.03. The van der Waals surface area contributed by atoms with E-state index in [1.807, 2.05) is 20.8 Å². The number of halogens is 2. The average molecular weight is 423 g/mol. The Morgan fingerprint density at radius 3 is 2.54 bits per heavy atom. The Labute approximate surface area is 172 Å². The van der Waals surface area contributed by atoms with Crippen molar-refractivity contribution in [2.24, 2.45) is 17.8 Å². The molecule has 1 aliphatic heterocycles. The van der Waals surface area contributed by atoms with Crippen LogP contribution in [0.2, 0.25) is 10.3 Å². The fourth-order valence-corrected chi connectivity index (χ4v) is 4.24. The minimum Gasteiger partial charge on any atom is -0.444 e. The van der Waals surface area contributed by atoms with Gasteiger partial charge in [0.25, 0.3) is 0 Å². The van der Waals surface area contributed by atoms with Gasteiger partial charge in [-0.2, -0.15) is 0 Å². The second-order valence-electron chi connectivity index (χ2n) is 8.25. The zero-order valence-electron chi connectivity index (χ0n) is 15.7. The summed E-state index contributed by atoms with van der Waals surface area (Å²) in [5.41, 5.74) is -0.524. The molecule has 2 unspecified atom stereocenters. The third-order valence-corrected chi connectivity index (χ3v) is 5.52. The number of carbonyl (C=O) groups excluding carboxylic acids is 2. The highest BCUT2D eigenvalue weighted by Crippen LogP contribution is 2.52. The maximum atomic E-state index is 12.6. The van der Waals surface area contributed by atoms with Crippen LogP contribution in [0.5, 0.6) is 0 Å². The molecule has 2 aromatic heterocycles. The van der Waals surface area contributed by atoms with Crippen LogP contribution in [0, 0.1) is 17.8 Å². The Hall–Kier alpha value is -2.12. The number of amides is 2. The monoisotopic (exact) mass is 422 g/mol. The first kappa shape index (κ1) is 19.2. The van der Waals surface area contributed by atoms with Gasteiger partial charge in [0.1, 0.15) is 21.7 Å². The SMILES string of the molecule is CC(C)(C)OC(=O)N1CC2C(C1)C2C(=O)Nc1cc2cc(Cl)nc(Cl)c2cn1. The van der Waals surface area contributed by atoms with Gasteiger partial charge in [-0.25, -0.2) is 14.8 Å². The Morgan fingerprint density at radius 2 is 1.89 bits per heavy atom. The first-order chi connectivity index (χ1) is 13.1. The van der Waals surface area contributed by atoms with Crippen molar-refractivity contribution in [3.8, 4) is 0 Å². The molecule has 0 aromatic carbocycles. The molecule has 2 aromatic rings. The molecule has 0 radical (unpaired) electrons. The van der Waals surface area contributed by atoms with Gasteiger partial charge < -0.3 is 15.0 Å². The minimum absolute atomic E-state index is 0.0862. The number of fused-ring (bicyclic) bond motifs is 2. The average Bonchev–Trinajstić information content (AvgIpc) is 3.07. The van der Waals surface area contributed by atoms with E-state index in [2.05, 4.69) is 15.3 Å². The zero-order chi connectivity index (χ0) is 20.2. The van der Waals surface area contributed by atoms with Gasteiger partial charge >= 0.3 is 6.09 Å². The number of pyridine rings is 2. The Balaban J connectivity index is 1.38. The van der Waals surface area contributed by atoms with E-state index in [-0.39, 0.29) is 40.1 Å². The number of ether oxygens (including phenoxy) is 1. The number of anilines is 1. The Morgan fingerprint density at radius 1 is 1.21 bits per heavy atom.